The van der Waals surface area contributed by atoms with Gasteiger partial charge in [-0.15, -0.1) is 0 Å². The molecule has 4 rings (SSSR count). The van der Waals surface area contributed by atoms with Crippen LogP contribution < -0.4 is 5.32 Å². The van der Waals surface area contributed by atoms with Gasteiger partial charge in [0.25, 0.3) is 11.8 Å². The molecule has 0 unspecified atom stereocenters. The number of benzene rings is 3. The largest absolute Gasteiger partial charge is 0.326 e. The summed E-state index contributed by atoms with van der Waals surface area (Å²) in [7, 11) is 0. The van der Waals surface area contributed by atoms with Crippen LogP contribution in [0.3, 0.4) is 0 Å². The lowest BCUT2D eigenvalue weighted by Crippen LogP contribution is -2.31. The van der Waals surface area contributed by atoms with Crippen molar-refractivity contribution in [1.29, 1.82) is 0 Å². The van der Waals surface area contributed by atoms with Crippen molar-refractivity contribution >= 4 is 23.4 Å². The van der Waals surface area contributed by atoms with Gasteiger partial charge in [-0.3, -0.25) is 19.3 Å². The predicted octanol–water partition coefficient (Wildman–Crippen LogP) is 4.37. The number of anilines is 1. The Morgan fingerprint density at radius 1 is 0.724 bits per heavy atom. The Hall–Kier alpha value is -3.73. The van der Waals surface area contributed by atoms with Gasteiger partial charge in [0.2, 0.25) is 5.91 Å². The molecule has 0 radical (unpaired) electrons. The number of amides is 3. The smallest absolute Gasteiger partial charge is 0.261 e. The number of para-hydroxylation sites is 1. The summed E-state index contributed by atoms with van der Waals surface area (Å²) in [4.78, 5) is 38.4. The minimum atomic E-state index is -0.291. The minimum Gasteiger partial charge on any atom is -0.326 e. The zero-order valence-electron chi connectivity index (χ0n) is 15.8. The molecule has 5 nitrogen and oxygen atoms in total. The highest BCUT2D eigenvalue weighted by atomic mass is 16.2. The summed E-state index contributed by atoms with van der Waals surface area (Å²) < 4.78 is 0. The number of hydrogen-bond donors (Lipinski definition) is 1. The van der Waals surface area contributed by atoms with Crippen molar-refractivity contribution in [1.82, 2.24) is 4.90 Å². The van der Waals surface area contributed by atoms with E-state index in [2.05, 4.69) is 5.32 Å². The minimum absolute atomic E-state index is 0.148. The van der Waals surface area contributed by atoms with Crippen molar-refractivity contribution < 1.29 is 14.4 Å². The van der Waals surface area contributed by atoms with E-state index >= 15 is 0 Å². The third-order valence-electron chi connectivity index (χ3n) is 4.95. The summed E-state index contributed by atoms with van der Waals surface area (Å²) in [5, 5.41) is 2.95. The molecule has 0 atom stereocenters. The first kappa shape index (κ1) is 18.6. The first-order chi connectivity index (χ1) is 14.1. The van der Waals surface area contributed by atoms with E-state index in [-0.39, 0.29) is 30.7 Å². The van der Waals surface area contributed by atoms with Crippen LogP contribution in [0.25, 0.3) is 11.1 Å². The third kappa shape index (κ3) is 3.80. The van der Waals surface area contributed by atoms with E-state index in [4.69, 9.17) is 0 Å². The molecule has 0 fully saturated rings. The van der Waals surface area contributed by atoms with Gasteiger partial charge in [0, 0.05) is 24.2 Å². The summed E-state index contributed by atoms with van der Waals surface area (Å²) in [5.41, 5.74) is 3.57. The molecule has 3 amide bonds. The third-order valence-corrected chi connectivity index (χ3v) is 4.95. The second kappa shape index (κ2) is 8.10. The molecular formula is C24H20N2O3. The molecule has 29 heavy (non-hydrogen) atoms. The van der Waals surface area contributed by atoms with Crippen molar-refractivity contribution in [2.75, 3.05) is 11.9 Å². The standard InChI is InChI=1S/C24H20N2O3/c27-22(25-21-14-7-6-11-18(21)17-9-2-1-3-10-17)15-8-16-26-23(28)19-12-4-5-13-20(19)24(26)29/h1-7,9-14H,8,15-16H2,(H,25,27). The average molecular weight is 384 g/mol. The number of rotatable bonds is 6. The Morgan fingerprint density at radius 3 is 1.93 bits per heavy atom. The lowest BCUT2D eigenvalue weighted by Gasteiger charge is -2.14. The number of hydrogen-bond acceptors (Lipinski definition) is 3. The molecule has 1 aliphatic heterocycles. The first-order valence-corrected chi connectivity index (χ1v) is 9.54. The Kier molecular flexibility index (Phi) is 5.20. The molecule has 0 spiro atoms. The molecule has 3 aromatic carbocycles. The zero-order chi connectivity index (χ0) is 20.2. The molecule has 144 valence electrons. The highest BCUT2D eigenvalue weighted by Gasteiger charge is 2.34. The van der Waals surface area contributed by atoms with Gasteiger partial charge in [-0.1, -0.05) is 60.7 Å². The van der Waals surface area contributed by atoms with E-state index in [1.807, 2.05) is 54.6 Å². The normalized spacial score (nSPS) is 12.8. The Bertz CT molecular complexity index is 1040. The molecule has 3 aromatic rings. The van der Waals surface area contributed by atoms with E-state index in [1.54, 1.807) is 24.3 Å². The molecular weight excluding hydrogens is 364 g/mol. The molecule has 5 heteroatoms. The fraction of sp³-hybridized carbons (Fsp3) is 0.125. The van der Waals surface area contributed by atoms with Gasteiger partial charge < -0.3 is 5.32 Å². The van der Waals surface area contributed by atoms with E-state index in [0.29, 0.717) is 17.5 Å². The fourth-order valence-electron chi connectivity index (χ4n) is 3.51. The molecule has 1 aliphatic rings. The van der Waals surface area contributed by atoms with Crippen molar-refractivity contribution in [3.05, 3.63) is 90.0 Å². The summed E-state index contributed by atoms with van der Waals surface area (Å²) >= 11 is 0. The quantitative estimate of drug-likeness (QED) is 0.642. The van der Waals surface area contributed by atoms with E-state index in [1.165, 1.54) is 4.90 Å². The van der Waals surface area contributed by atoms with Crippen LogP contribution >= 0.6 is 0 Å². The number of nitrogens with zero attached hydrogens (tertiary/aromatic N) is 1. The maximum Gasteiger partial charge on any atom is 0.261 e. The molecule has 0 saturated carbocycles. The summed E-state index contributed by atoms with van der Waals surface area (Å²) in [5.74, 6) is -0.731. The lowest BCUT2D eigenvalue weighted by atomic mass is 10.0. The summed E-state index contributed by atoms with van der Waals surface area (Å²) in [6.45, 7) is 0.222. The maximum atomic E-state index is 12.5. The fourth-order valence-corrected chi connectivity index (χ4v) is 3.51. The zero-order valence-corrected chi connectivity index (χ0v) is 15.8. The molecule has 0 saturated heterocycles. The average Bonchev–Trinajstić information content (AvgIpc) is 3.00. The highest BCUT2D eigenvalue weighted by molar-refractivity contribution is 6.21. The van der Waals surface area contributed by atoms with Crippen LogP contribution in [0.2, 0.25) is 0 Å². The number of carbonyl (C=O) groups excluding carboxylic acids is 3. The van der Waals surface area contributed by atoms with Crippen molar-refractivity contribution in [3.8, 4) is 11.1 Å². The van der Waals surface area contributed by atoms with Gasteiger partial charge in [-0.2, -0.15) is 0 Å². The number of imide groups is 1. The molecule has 1 heterocycles. The number of nitrogens with one attached hydrogen (secondary N) is 1. The Labute approximate surface area is 169 Å². The maximum absolute atomic E-state index is 12.5. The Morgan fingerprint density at radius 2 is 1.28 bits per heavy atom. The lowest BCUT2D eigenvalue weighted by molar-refractivity contribution is -0.116. The van der Waals surface area contributed by atoms with Crippen molar-refractivity contribution in [2.45, 2.75) is 12.8 Å². The summed E-state index contributed by atoms with van der Waals surface area (Å²) in [6, 6.07) is 24.3. The van der Waals surface area contributed by atoms with Gasteiger partial charge in [0.1, 0.15) is 0 Å². The second-order valence-electron chi connectivity index (χ2n) is 6.87. The monoisotopic (exact) mass is 384 g/mol. The van der Waals surface area contributed by atoms with Gasteiger partial charge in [-0.25, -0.2) is 0 Å². The predicted molar refractivity (Wildman–Crippen MR) is 112 cm³/mol. The van der Waals surface area contributed by atoms with Crippen LogP contribution in [0.4, 0.5) is 5.69 Å². The van der Waals surface area contributed by atoms with Crippen LogP contribution in [0.1, 0.15) is 33.6 Å². The van der Waals surface area contributed by atoms with Crippen LogP contribution in [0, 0.1) is 0 Å². The topological polar surface area (TPSA) is 66.5 Å². The van der Waals surface area contributed by atoms with Crippen molar-refractivity contribution in [2.24, 2.45) is 0 Å². The van der Waals surface area contributed by atoms with E-state index in [0.717, 1.165) is 16.8 Å². The van der Waals surface area contributed by atoms with Crippen molar-refractivity contribution in [3.63, 3.8) is 0 Å². The molecule has 0 aliphatic carbocycles. The van der Waals surface area contributed by atoms with Gasteiger partial charge in [0.05, 0.1) is 11.1 Å². The highest BCUT2D eigenvalue weighted by Crippen LogP contribution is 2.28. The Balaban J connectivity index is 1.37. The number of fused-ring (bicyclic) bond motifs is 1. The van der Waals surface area contributed by atoms with Gasteiger partial charge in [-0.05, 0) is 30.2 Å². The van der Waals surface area contributed by atoms with Crippen LogP contribution in [-0.2, 0) is 4.79 Å². The van der Waals surface area contributed by atoms with Crippen LogP contribution in [0.5, 0.6) is 0 Å². The van der Waals surface area contributed by atoms with Gasteiger partial charge >= 0.3 is 0 Å². The molecule has 0 bridgehead atoms. The van der Waals surface area contributed by atoms with E-state index in [9.17, 15) is 14.4 Å². The van der Waals surface area contributed by atoms with E-state index < -0.39 is 0 Å². The van der Waals surface area contributed by atoms with Crippen LogP contribution in [-0.4, -0.2) is 29.2 Å². The van der Waals surface area contributed by atoms with Gasteiger partial charge in [0.15, 0.2) is 0 Å². The molecule has 0 aromatic heterocycles. The number of carbonyl (C=O) groups is 3. The molecule has 1 N–H and O–H groups in total. The SMILES string of the molecule is O=C(CCCN1C(=O)c2ccccc2C1=O)Nc1ccccc1-c1ccccc1. The first-order valence-electron chi connectivity index (χ1n) is 9.54. The second-order valence-corrected chi connectivity index (χ2v) is 6.87. The summed E-state index contributed by atoms with van der Waals surface area (Å²) in [6.07, 6.45) is 0.626. The van der Waals surface area contributed by atoms with Crippen LogP contribution in [0.15, 0.2) is 78.9 Å².